The van der Waals surface area contributed by atoms with E-state index in [1.165, 1.54) is 27.5 Å². The number of aromatic amines is 1. The molecule has 1 aliphatic heterocycles. The minimum atomic E-state index is -0.893. The fourth-order valence-corrected chi connectivity index (χ4v) is 3.65. The number of amides is 1. The van der Waals surface area contributed by atoms with Gasteiger partial charge < -0.3 is 4.90 Å². The molecule has 4 aromatic rings. The van der Waals surface area contributed by atoms with Crippen LogP contribution < -0.4 is 5.56 Å². The normalized spacial score (nSPS) is 14.3. The van der Waals surface area contributed by atoms with Crippen LogP contribution in [0.2, 0.25) is 0 Å². The number of nitrogens with zero attached hydrogens (tertiary/aromatic N) is 5. The second kappa shape index (κ2) is 6.61. The molecular weight excluding hydrogens is 394 g/mol. The lowest BCUT2D eigenvalue weighted by molar-refractivity contribution is 0.0601. The first-order chi connectivity index (χ1) is 14.4. The molecule has 5 rings (SSSR count). The first kappa shape index (κ1) is 18.2. The maximum atomic E-state index is 13.4. The van der Waals surface area contributed by atoms with E-state index in [2.05, 4.69) is 15.2 Å². The predicted molar refractivity (Wildman–Crippen MR) is 103 cm³/mol. The van der Waals surface area contributed by atoms with Crippen molar-refractivity contribution in [1.29, 1.82) is 0 Å². The number of halogens is 2. The maximum Gasteiger partial charge on any atom is 0.276 e. The lowest BCUT2D eigenvalue weighted by Gasteiger charge is -2.39. The van der Waals surface area contributed by atoms with E-state index in [-0.39, 0.29) is 23.3 Å². The number of rotatable bonds is 3. The Morgan fingerprint density at radius 2 is 2.00 bits per heavy atom. The van der Waals surface area contributed by atoms with Gasteiger partial charge in [-0.25, -0.2) is 18.0 Å². The minimum absolute atomic E-state index is 0.0476. The molecule has 0 unspecified atom stereocenters. The fourth-order valence-electron chi connectivity index (χ4n) is 3.65. The molecule has 0 radical (unpaired) electrons. The van der Waals surface area contributed by atoms with Gasteiger partial charge in [-0.15, -0.1) is 5.10 Å². The zero-order valence-corrected chi connectivity index (χ0v) is 15.8. The number of likely N-dealkylation sites (tertiary alicyclic amines) is 1. The van der Waals surface area contributed by atoms with Gasteiger partial charge in [-0.3, -0.25) is 14.6 Å². The van der Waals surface area contributed by atoms with Crippen LogP contribution in [0.3, 0.4) is 0 Å². The molecule has 152 valence electrons. The molecule has 1 aliphatic rings. The van der Waals surface area contributed by atoms with Crippen LogP contribution >= 0.6 is 0 Å². The van der Waals surface area contributed by atoms with Crippen molar-refractivity contribution in [3.8, 4) is 5.95 Å². The van der Waals surface area contributed by atoms with Gasteiger partial charge in [0.1, 0.15) is 5.52 Å². The molecule has 1 saturated heterocycles. The molecular formula is C20H16F2N6O2. The lowest BCUT2D eigenvalue weighted by atomic mass is 9.91. The molecule has 8 nitrogen and oxygen atoms in total. The van der Waals surface area contributed by atoms with Gasteiger partial charge in [0.15, 0.2) is 11.6 Å². The third-order valence-electron chi connectivity index (χ3n) is 5.41. The van der Waals surface area contributed by atoms with Gasteiger partial charge in [-0.05, 0) is 36.8 Å². The highest BCUT2D eigenvalue weighted by Crippen LogP contribution is 2.29. The number of nitrogens with one attached hydrogen (secondary N) is 1. The van der Waals surface area contributed by atoms with E-state index in [0.29, 0.717) is 35.4 Å². The Morgan fingerprint density at radius 1 is 1.20 bits per heavy atom. The van der Waals surface area contributed by atoms with Gasteiger partial charge in [-0.2, -0.15) is 5.10 Å². The van der Waals surface area contributed by atoms with E-state index in [4.69, 9.17) is 0 Å². The van der Waals surface area contributed by atoms with Gasteiger partial charge in [0.2, 0.25) is 5.95 Å². The summed E-state index contributed by atoms with van der Waals surface area (Å²) in [5.74, 6) is -1.85. The average molecular weight is 410 g/mol. The summed E-state index contributed by atoms with van der Waals surface area (Å²) in [7, 11) is 0. The number of H-pyrrole nitrogens is 1. The molecule has 1 aromatic carbocycles. The summed E-state index contributed by atoms with van der Waals surface area (Å²) >= 11 is 0. The Hall–Kier alpha value is -3.82. The topological polar surface area (TPSA) is 88.3 Å². The number of benzene rings is 1. The van der Waals surface area contributed by atoms with Crippen LogP contribution in [0.15, 0.2) is 47.5 Å². The van der Waals surface area contributed by atoms with Crippen molar-refractivity contribution >= 4 is 11.4 Å². The Kier molecular flexibility index (Phi) is 4.02. The van der Waals surface area contributed by atoms with Crippen LogP contribution in [0.1, 0.15) is 27.5 Å². The number of aromatic nitrogens is 5. The number of carbonyl (C=O) groups excluding carboxylic acids is 1. The first-order valence-electron chi connectivity index (χ1n) is 9.29. The Morgan fingerprint density at radius 3 is 2.77 bits per heavy atom. The van der Waals surface area contributed by atoms with Gasteiger partial charge in [0, 0.05) is 25.2 Å². The quantitative estimate of drug-likeness (QED) is 0.560. The van der Waals surface area contributed by atoms with E-state index in [1.54, 1.807) is 30.2 Å². The van der Waals surface area contributed by atoms with E-state index in [9.17, 15) is 18.4 Å². The van der Waals surface area contributed by atoms with Crippen LogP contribution in [-0.2, 0) is 0 Å². The Labute approximate surface area is 168 Å². The van der Waals surface area contributed by atoms with Gasteiger partial charge in [0.25, 0.3) is 11.5 Å². The molecule has 10 heteroatoms. The third kappa shape index (κ3) is 2.79. The van der Waals surface area contributed by atoms with Crippen molar-refractivity contribution in [2.75, 3.05) is 13.1 Å². The second-order valence-electron chi connectivity index (χ2n) is 7.25. The standard InChI is InChI=1S/C20H16F2N6O2/c1-11-14(8-23-28(11)20-24-18(29)17-3-2-6-27(17)25-20)19(30)26-9-13(10-26)12-4-5-15(21)16(22)7-12/h2-8,13H,9-10H2,1H3,(H,24,25,29). The summed E-state index contributed by atoms with van der Waals surface area (Å²) in [6.45, 7) is 2.52. The van der Waals surface area contributed by atoms with Crippen molar-refractivity contribution in [2.45, 2.75) is 12.8 Å². The summed E-state index contributed by atoms with van der Waals surface area (Å²) in [4.78, 5) is 29.3. The van der Waals surface area contributed by atoms with E-state index in [1.807, 2.05) is 0 Å². The van der Waals surface area contributed by atoms with E-state index in [0.717, 1.165) is 6.07 Å². The highest BCUT2D eigenvalue weighted by molar-refractivity contribution is 5.95. The van der Waals surface area contributed by atoms with Crippen LogP contribution in [-0.4, -0.2) is 48.3 Å². The molecule has 0 atom stereocenters. The number of hydrogen-bond acceptors (Lipinski definition) is 4. The van der Waals surface area contributed by atoms with Crippen molar-refractivity contribution in [3.05, 3.63) is 81.5 Å². The maximum absolute atomic E-state index is 13.4. The highest BCUT2D eigenvalue weighted by atomic mass is 19.2. The van der Waals surface area contributed by atoms with Gasteiger partial charge >= 0.3 is 0 Å². The second-order valence-corrected chi connectivity index (χ2v) is 7.25. The molecule has 3 aromatic heterocycles. The molecule has 1 amide bonds. The monoisotopic (exact) mass is 410 g/mol. The van der Waals surface area contributed by atoms with E-state index >= 15 is 0 Å². The Bertz CT molecular complexity index is 1350. The van der Waals surface area contributed by atoms with Crippen molar-refractivity contribution in [2.24, 2.45) is 0 Å². The van der Waals surface area contributed by atoms with Crippen LogP contribution in [0.25, 0.3) is 11.5 Å². The first-order valence-corrected chi connectivity index (χ1v) is 9.29. The molecule has 0 spiro atoms. The van der Waals surface area contributed by atoms with Crippen molar-refractivity contribution in [3.63, 3.8) is 0 Å². The largest absolute Gasteiger partial charge is 0.337 e. The summed E-state index contributed by atoms with van der Waals surface area (Å²) in [6.07, 6.45) is 3.08. The molecule has 1 fully saturated rings. The van der Waals surface area contributed by atoms with Gasteiger partial charge in [-0.1, -0.05) is 6.07 Å². The van der Waals surface area contributed by atoms with E-state index < -0.39 is 11.6 Å². The molecule has 4 heterocycles. The van der Waals surface area contributed by atoms with Crippen LogP contribution in [0, 0.1) is 18.6 Å². The molecule has 0 bridgehead atoms. The zero-order valence-electron chi connectivity index (χ0n) is 15.8. The predicted octanol–water partition coefficient (Wildman–Crippen LogP) is 2.03. The number of hydrogen-bond donors (Lipinski definition) is 1. The van der Waals surface area contributed by atoms with Crippen LogP contribution in [0.4, 0.5) is 8.78 Å². The minimum Gasteiger partial charge on any atom is -0.337 e. The smallest absolute Gasteiger partial charge is 0.276 e. The van der Waals surface area contributed by atoms with Gasteiger partial charge in [0.05, 0.1) is 17.5 Å². The third-order valence-corrected chi connectivity index (χ3v) is 5.41. The summed E-state index contributed by atoms with van der Waals surface area (Å²) in [6, 6.07) is 7.16. The fraction of sp³-hybridized carbons (Fsp3) is 0.200. The molecule has 0 aliphatic carbocycles. The molecule has 1 N–H and O–H groups in total. The number of fused-ring (bicyclic) bond motifs is 1. The summed E-state index contributed by atoms with van der Waals surface area (Å²) in [5.41, 5.74) is 1.67. The summed E-state index contributed by atoms with van der Waals surface area (Å²) in [5, 5.41) is 8.53. The van der Waals surface area contributed by atoms with Crippen molar-refractivity contribution < 1.29 is 13.6 Å². The lowest BCUT2D eigenvalue weighted by Crippen LogP contribution is -2.48. The zero-order chi connectivity index (χ0) is 21.0. The number of carbonyl (C=O) groups is 1. The Balaban J connectivity index is 1.37. The average Bonchev–Trinajstić information content (AvgIpc) is 3.30. The summed E-state index contributed by atoms with van der Waals surface area (Å²) < 4.78 is 29.4. The molecule has 0 saturated carbocycles. The molecule has 30 heavy (non-hydrogen) atoms. The SMILES string of the molecule is Cc1c(C(=O)N2CC(c3ccc(F)c(F)c3)C2)cnn1-c1nn2cccc2c(=O)[nH]1. The highest BCUT2D eigenvalue weighted by Gasteiger charge is 2.34. The van der Waals surface area contributed by atoms with Crippen molar-refractivity contribution in [1.82, 2.24) is 29.3 Å². The van der Waals surface area contributed by atoms with Crippen LogP contribution in [0.5, 0.6) is 0 Å².